The van der Waals surface area contributed by atoms with Crippen LogP contribution in [0.3, 0.4) is 0 Å². The van der Waals surface area contributed by atoms with E-state index < -0.39 is 6.43 Å². The minimum atomic E-state index is -2.72. The Morgan fingerprint density at radius 1 is 1.01 bits per heavy atom. The molecule has 2 bridgehead atoms. The average molecular weight is 976 g/mol. The van der Waals surface area contributed by atoms with Crippen LogP contribution in [0.5, 0.6) is 5.75 Å². The molecule has 1 unspecified atom stereocenters. The fourth-order valence-corrected chi connectivity index (χ4v) is 12.2. The largest absolute Gasteiger partial charge is 0.490 e. The molecule has 5 aliphatic heterocycles. The fraction of sp³-hybridized carbons (Fsp3) is 0.519. The Kier molecular flexibility index (Phi) is 13.8. The summed E-state index contributed by atoms with van der Waals surface area (Å²) in [5.74, 6) is 3.49. The zero-order valence-electron chi connectivity index (χ0n) is 39.9. The number of nitrogens with one attached hydrogen (secondary N) is 1. The lowest BCUT2D eigenvalue weighted by atomic mass is 9.66. The number of carbonyl (C=O) groups excluding carboxylic acids is 2. The third-order valence-corrected chi connectivity index (χ3v) is 15.9. The summed E-state index contributed by atoms with van der Waals surface area (Å²) in [7, 11) is 1.61. The monoisotopic (exact) mass is 974 g/mol. The summed E-state index contributed by atoms with van der Waals surface area (Å²) in [5, 5.41) is 26.9. The number of nitriles is 1. The van der Waals surface area contributed by atoms with Gasteiger partial charge in [-0.15, -0.1) is 10.2 Å². The van der Waals surface area contributed by atoms with E-state index in [0.29, 0.717) is 71.4 Å². The molecule has 3 N–H and O–H groups in total. The minimum absolute atomic E-state index is 0.0157. The van der Waals surface area contributed by atoms with E-state index in [1.165, 1.54) is 11.9 Å². The van der Waals surface area contributed by atoms with Gasteiger partial charge in [0.05, 0.1) is 29.3 Å². The van der Waals surface area contributed by atoms with Crippen molar-refractivity contribution in [2.45, 2.75) is 102 Å². The molecule has 2 aliphatic carbocycles. The van der Waals surface area contributed by atoms with Crippen LogP contribution in [0.25, 0.3) is 5.70 Å². The molecule has 368 valence electrons. The minimum Gasteiger partial charge on any atom is -0.490 e. The number of amides is 2. The van der Waals surface area contributed by atoms with Crippen LogP contribution in [-0.2, 0) is 24.2 Å². The molecule has 5 fully saturated rings. The molecule has 2 saturated carbocycles. The molecule has 18 heteroatoms. The van der Waals surface area contributed by atoms with Gasteiger partial charge >= 0.3 is 0 Å². The molecular weight excluding hydrogens is 914 g/mol. The summed E-state index contributed by atoms with van der Waals surface area (Å²) in [6, 6.07) is 14.6. The molecule has 2 aromatic heterocycles. The number of ether oxygens (including phenoxy) is 1. The van der Waals surface area contributed by atoms with E-state index in [1.54, 1.807) is 50.4 Å². The fourth-order valence-electron chi connectivity index (χ4n) is 12.0. The van der Waals surface area contributed by atoms with Gasteiger partial charge in [-0.05, 0) is 124 Å². The predicted molar refractivity (Wildman–Crippen MR) is 265 cm³/mol. The molecule has 70 heavy (non-hydrogen) atoms. The number of allylic oxidation sites excluding steroid dienone is 1. The van der Waals surface area contributed by atoms with Crippen LogP contribution in [0.15, 0.2) is 53.5 Å². The highest BCUT2D eigenvalue weighted by atomic mass is 35.5. The van der Waals surface area contributed by atoms with E-state index in [9.17, 15) is 18.4 Å². The van der Waals surface area contributed by atoms with Crippen molar-refractivity contribution in [2.75, 3.05) is 62.7 Å². The quantitative estimate of drug-likeness (QED) is 0.134. The van der Waals surface area contributed by atoms with Crippen LogP contribution in [0.1, 0.15) is 115 Å². The SMILES string of the molecule is CN=C/C=C(\N)c1cc2c(cc1C(F)F)N(c1nn(C3[C@@H]4C[C@H]3CN(CC3CCN(c5ccc(C(=O)NC6CCC(Oc7ccc(C#N)c(Cl)c7)CC6)nn5)CC3)C4)c3c1CN(C(C)=O)CC3)CCC2. The number of alkyl halides is 2. The number of nitrogens with zero attached hydrogens (tertiary/aromatic N) is 10. The van der Waals surface area contributed by atoms with Crippen molar-refractivity contribution in [3.63, 3.8) is 0 Å². The molecule has 2 aromatic carbocycles. The first-order chi connectivity index (χ1) is 33.9. The van der Waals surface area contributed by atoms with Crippen LogP contribution in [-0.4, -0.2) is 113 Å². The third-order valence-electron chi connectivity index (χ3n) is 15.6. The lowest BCUT2D eigenvalue weighted by Crippen LogP contribution is -2.57. The second-order valence-corrected chi connectivity index (χ2v) is 20.4. The van der Waals surface area contributed by atoms with Crippen LogP contribution >= 0.6 is 11.6 Å². The third kappa shape index (κ3) is 9.69. The molecule has 2 amide bonds. The maximum Gasteiger partial charge on any atom is 0.272 e. The summed E-state index contributed by atoms with van der Waals surface area (Å²) in [5.41, 5.74) is 11.4. The molecule has 3 atom stereocenters. The molecular formula is C52H61ClF2N12O3. The lowest BCUT2D eigenvalue weighted by Gasteiger charge is -2.54. The van der Waals surface area contributed by atoms with Gasteiger partial charge in [0.1, 0.15) is 11.8 Å². The number of nitrogens with two attached hydrogens (primary N) is 1. The highest BCUT2D eigenvalue weighted by Gasteiger charge is 2.50. The first-order valence-corrected chi connectivity index (χ1v) is 25.3. The number of fused-ring (bicyclic) bond motifs is 4. The van der Waals surface area contributed by atoms with Gasteiger partial charge in [-0.3, -0.25) is 19.3 Å². The van der Waals surface area contributed by atoms with Gasteiger partial charge in [0.25, 0.3) is 12.3 Å². The van der Waals surface area contributed by atoms with Gasteiger partial charge in [0.15, 0.2) is 17.3 Å². The molecule has 4 aromatic rings. The Morgan fingerprint density at radius 2 is 1.80 bits per heavy atom. The van der Waals surface area contributed by atoms with Gasteiger partial charge in [-0.2, -0.15) is 10.4 Å². The van der Waals surface area contributed by atoms with Crippen LogP contribution in [0.2, 0.25) is 5.02 Å². The number of hydrogen-bond donors (Lipinski definition) is 2. The molecule has 0 spiro atoms. The summed E-state index contributed by atoms with van der Waals surface area (Å²) < 4.78 is 37.8. The van der Waals surface area contributed by atoms with Gasteiger partial charge in [0.2, 0.25) is 5.91 Å². The molecule has 15 nitrogen and oxygen atoms in total. The standard InChI is InChI=1S/C52H61ClF2N12O3/c1-31(68)65-21-16-46-42(30-65)51(66-18-3-4-33-23-40(44(57)13-17-58-2)41(50(54)55)25-47(33)66)62-67(46)49-35-22-36(49)29-63(28-35)27-32-14-19-64(20-15-32)48-12-11-45(60-61-48)52(69)59-37-6-9-38(10-7-37)70-39-8-5-34(26-56)43(53)24-39/h5,8,11-13,17,23-25,32,35-38,49-50H,3-4,6-7,9-10,14-16,18-22,27-30,57H2,1-2H3,(H,59,69)/b44-13-,58-17?/t35-,36+,37?,38?,49?. The average Bonchev–Trinajstić information content (AvgIpc) is 3.73. The highest BCUT2D eigenvalue weighted by molar-refractivity contribution is 6.31. The van der Waals surface area contributed by atoms with Gasteiger partial charge in [-0.1, -0.05) is 11.6 Å². The van der Waals surface area contributed by atoms with Crippen LogP contribution in [0.4, 0.5) is 26.1 Å². The van der Waals surface area contributed by atoms with Crippen molar-refractivity contribution in [1.29, 1.82) is 5.26 Å². The number of piperidine rings is 3. The van der Waals surface area contributed by atoms with Crippen LogP contribution < -0.4 is 25.6 Å². The van der Waals surface area contributed by atoms with Crippen molar-refractivity contribution in [3.8, 4) is 11.8 Å². The summed E-state index contributed by atoms with van der Waals surface area (Å²) in [6.45, 7) is 8.16. The van der Waals surface area contributed by atoms with Gasteiger partial charge in [0, 0.05) is 118 Å². The number of halogens is 3. The number of aromatic nitrogens is 4. The molecule has 7 heterocycles. The number of anilines is 3. The smallest absolute Gasteiger partial charge is 0.272 e. The second kappa shape index (κ2) is 20.3. The summed E-state index contributed by atoms with van der Waals surface area (Å²) in [6.07, 6.45) is 9.07. The Balaban J connectivity index is 0.738. The number of aryl methyl sites for hydroxylation is 1. The van der Waals surface area contributed by atoms with Crippen molar-refractivity contribution < 1.29 is 23.1 Å². The van der Waals surface area contributed by atoms with Crippen LogP contribution in [0, 0.1) is 29.1 Å². The highest BCUT2D eigenvalue weighted by Crippen LogP contribution is 2.51. The maximum absolute atomic E-state index is 14.7. The first-order valence-electron chi connectivity index (χ1n) is 24.9. The van der Waals surface area contributed by atoms with E-state index in [0.717, 1.165) is 119 Å². The topological polar surface area (TPSA) is 174 Å². The zero-order valence-corrected chi connectivity index (χ0v) is 40.6. The second-order valence-electron chi connectivity index (χ2n) is 20.0. The normalized spacial score (nSPS) is 24.0. The Hall–Kier alpha value is -6.12. The van der Waals surface area contributed by atoms with Crippen molar-refractivity contribution >= 4 is 52.7 Å². The van der Waals surface area contributed by atoms with E-state index in [-0.39, 0.29) is 41.3 Å². The van der Waals surface area contributed by atoms with Gasteiger partial charge in [-0.25, -0.2) is 8.78 Å². The number of hydrogen-bond acceptors (Lipinski definition) is 12. The number of aliphatic imine (C=N–C) groups is 1. The first kappa shape index (κ1) is 47.6. The molecule has 3 saturated heterocycles. The lowest BCUT2D eigenvalue weighted by molar-refractivity contribution is -0.129. The zero-order chi connectivity index (χ0) is 48.6. The Labute approximate surface area is 412 Å². The molecule has 7 aliphatic rings. The predicted octanol–water partition coefficient (Wildman–Crippen LogP) is 7.65. The van der Waals surface area contributed by atoms with E-state index >= 15 is 0 Å². The Morgan fingerprint density at radius 3 is 2.49 bits per heavy atom. The summed E-state index contributed by atoms with van der Waals surface area (Å²) >= 11 is 6.18. The Bertz CT molecular complexity index is 2690. The number of carbonyl (C=O) groups is 2. The van der Waals surface area contributed by atoms with E-state index in [2.05, 4.69) is 46.0 Å². The van der Waals surface area contributed by atoms with E-state index in [4.69, 9.17) is 32.4 Å². The van der Waals surface area contributed by atoms with Crippen molar-refractivity contribution in [3.05, 3.63) is 92.8 Å². The summed E-state index contributed by atoms with van der Waals surface area (Å²) in [4.78, 5) is 38.8. The maximum atomic E-state index is 14.7. The molecule has 0 radical (unpaired) electrons. The number of benzene rings is 2. The van der Waals surface area contributed by atoms with Crippen molar-refractivity contribution in [1.82, 2.24) is 35.1 Å². The van der Waals surface area contributed by atoms with Gasteiger partial charge < -0.3 is 35.4 Å². The number of rotatable bonds is 12. The molecule has 11 rings (SSSR count). The van der Waals surface area contributed by atoms with Crippen molar-refractivity contribution in [2.24, 2.45) is 28.5 Å². The van der Waals surface area contributed by atoms with E-state index in [1.807, 2.05) is 17.0 Å².